The minimum absolute atomic E-state index is 0.0935. The van der Waals surface area contributed by atoms with E-state index >= 15 is 0 Å². The molecule has 0 aromatic heterocycles. The molecule has 0 radical (unpaired) electrons. The second kappa shape index (κ2) is 9.80. The van der Waals surface area contributed by atoms with Crippen molar-refractivity contribution in [2.75, 3.05) is 28.2 Å². The number of rotatable bonds is 4. The zero-order chi connectivity index (χ0) is 26.2. The van der Waals surface area contributed by atoms with Gasteiger partial charge in [0.15, 0.2) is 0 Å². The van der Waals surface area contributed by atoms with Crippen molar-refractivity contribution >= 4 is 28.9 Å². The number of carbonyl (C=O) groups excluding carboxylic acids is 2. The van der Waals surface area contributed by atoms with Crippen LogP contribution in [0.2, 0.25) is 0 Å². The maximum Gasteiger partial charge on any atom is 0.258 e. The van der Waals surface area contributed by atoms with Gasteiger partial charge in [-0.25, -0.2) is 0 Å². The first-order valence-electron chi connectivity index (χ1n) is 12.9. The van der Waals surface area contributed by atoms with Crippen molar-refractivity contribution in [3.8, 4) is 11.1 Å². The number of fused-ring (bicyclic) bond motifs is 3. The molecule has 2 heterocycles. The van der Waals surface area contributed by atoms with Crippen molar-refractivity contribution in [3.05, 3.63) is 114 Å². The van der Waals surface area contributed by atoms with Crippen LogP contribution in [0.4, 0.5) is 17.1 Å². The molecule has 6 rings (SSSR count). The number of nitrogens with zero attached hydrogens (tertiary/aromatic N) is 2. The molecule has 6 nitrogen and oxygen atoms in total. The van der Waals surface area contributed by atoms with Gasteiger partial charge < -0.3 is 20.2 Å². The zero-order valence-electron chi connectivity index (χ0n) is 21.2. The average Bonchev–Trinajstić information content (AvgIpc) is 3.33. The number of amides is 2. The van der Waals surface area contributed by atoms with Crippen LogP contribution in [0, 0.1) is 6.92 Å². The lowest BCUT2D eigenvalue weighted by molar-refractivity contribution is 0.0982. The highest BCUT2D eigenvalue weighted by Crippen LogP contribution is 2.40. The molecule has 190 valence electrons. The van der Waals surface area contributed by atoms with Crippen LogP contribution >= 0.6 is 0 Å². The Balaban J connectivity index is 1.21. The fourth-order valence-electron chi connectivity index (χ4n) is 5.51. The molecule has 1 unspecified atom stereocenters. The number of benzene rings is 4. The van der Waals surface area contributed by atoms with E-state index < -0.39 is 0 Å². The lowest BCUT2D eigenvalue weighted by Gasteiger charge is -2.40. The molecule has 2 atom stereocenters. The summed E-state index contributed by atoms with van der Waals surface area (Å²) < 4.78 is 0. The Hall–Kier alpha value is -4.42. The van der Waals surface area contributed by atoms with Crippen molar-refractivity contribution in [1.29, 1.82) is 0 Å². The van der Waals surface area contributed by atoms with E-state index in [0.29, 0.717) is 36.3 Å². The minimum Gasteiger partial charge on any atom is -0.391 e. The Labute approximate surface area is 222 Å². The van der Waals surface area contributed by atoms with Crippen LogP contribution in [-0.2, 0) is 0 Å². The Morgan fingerprint density at radius 3 is 2.26 bits per heavy atom. The van der Waals surface area contributed by atoms with Gasteiger partial charge in [-0.3, -0.25) is 9.59 Å². The number of carbonyl (C=O) groups is 2. The second-order valence-electron chi connectivity index (χ2n) is 10.0. The predicted octanol–water partition coefficient (Wildman–Crippen LogP) is 5.51. The van der Waals surface area contributed by atoms with Crippen LogP contribution in [0.3, 0.4) is 0 Å². The Kier molecular flexibility index (Phi) is 6.18. The Morgan fingerprint density at radius 1 is 0.816 bits per heavy atom. The molecule has 0 aliphatic carbocycles. The number of hydrogen-bond acceptors (Lipinski definition) is 4. The third kappa shape index (κ3) is 4.44. The molecular formula is C32H29N3O3. The third-order valence-corrected chi connectivity index (χ3v) is 7.44. The maximum absolute atomic E-state index is 13.6. The van der Waals surface area contributed by atoms with E-state index in [9.17, 15) is 14.7 Å². The number of hydrogen-bond donors (Lipinski definition) is 2. The van der Waals surface area contributed by atoms with Gasteiger partial charge in [0.05, 0.1) is 17.5 Å². The van der Waals surface area contributed by atoms with E-state index in [1.54, 1.807) is 29.2 Å². The normalized spacial score (nSPS) is 18.1. The van der Waals surface area contributed by atoms with Gasteiger partial charge in [0.25, 0.3) is 11.8 Å². The molecule has 2 aliphatic heterocycles. The van der Waals surface area contributed by atoms with Crippen molar-refractivity contribution in [3.63, 3.8) is 0 Å². The molecule has 0 saturated carbocycles. The molecule has 1 fully saturated rings. The van der Waals surface area contributed by atoms with Crippen molar-refractivity contribution in [2.45, 2.75) is 25.5 Å². The number of aryl methyl sites for hydroxylation is 1. The van der Waals surface area contributed by atoms with Crippen LogP contribution < -0.4 is 15.1 Å². The van der Waals surface area contributed by atoms with E-state index in [4.69, 9.17) is 0 Å². The number of para-hydroxylation sites is 2. The average molecular weight is 504 g/mol. The first kappa shape index (κ1) is 23.9. The molecule has 1 saturated heterocycles. The van der Waals surface area contributed by atoms with Crippen molar-refractivity contribution < 1.29 is 14.7 Å². The van der Waals surface area contributed by atoms with Crippen molar-refractivity contribution in [1.82, 2.24) is 0 Å². The minimum atomic E-state index is -0.387. The summed E-state index contributed by atoms with van der Waals surface area (Å²) in [5.74, 6) is -0.300. The summed E-state index contributed by atoms with van der Waals surface area (Å²) in [5, 5.41) is 13.2. The highest BCUT2D eigenvalue weighted by Gasteiger charge is 2.39. The summed E-state index contributed by atoms with van der Waals surface area (Å²) in [6.45, 7) is 3.15. The van der Waals surface area contributed by atoms with Gasteiger partial charge in [0.2, 0.25) is 0 Å². The van der Waals surface area contributed by atoms with E-state index in [1.807, 2.05) is 79.7 Å². The number of aliphatic hydroxyl groups is 1. The molecule has 2 aliphatic rings. The van der Waals surface area contributed by atoms with E-state index in [-0.39, 0.29) is 24.0 Å². The summed E-state index contributed by atoms with van der Waals surface area (Å²) in [4.78, 5) is 30.8. The molecule has 38 heavy (non-hydrogen) atoms. The molecular weight excluding hydrogens is 474 g/mol. The monoisotopic (exact) mass is 503 g/mol. The van der Waals surface area contributed by atoms with Gasteiger partial charge in [-0.2, -0.15) is 0 Å². The molecule has 2 N–H and O–H groups in total. The quantitative estimate of drug-likeness (QED) is 0.385. The SMILES string of the molecule is Cc1ccc(-c2ccccc2C(=O)Nc2ccc(C(=O)N3C[C@H]4CC(O)CN4c4ccccc43)cc2)cc1. The smallest absolute Gasteiger partial charge is 0.258 e. The van der Waals surface area contributed by atoms with E-state index in [2.05, 4.69) is 10.2 Å². The third-order valence-electron chi connectivity index (χ3n) is 7.44. The van der Waals surface area contributed by atoms with Gasteiger partial charge in [0, 0.05) is 35.9 Å². The molecule has 4 aromatic rings. The summed E-state index contributed by atoms with van der Waals surface area (Å²) in [6, 6.07) is 30.6. The summed E-state index contributed by atoms with van der Waals surface area (Å²) in [7, 11) is 0. The fraction of sp³-hybridized carbons (Fsp3) is 0.188. The Morgan fingerprint density at radius 2 is 1.50 bits per heavy atom. The molecule has 4 aromatic carbocycles. The molecule has 0 spiro atoms. The lowest BCUT2D eigenvalue weighted by atomic mass is 9.98. The first-order valence-corrected chi connectivity index (χ1v) is 12.9. The van der Waals surface area contributed by atoms with Crippen LogP contribution in [0.15, 0.2) is 97.1 Å². The van der Waals surface area contributed by atoms with Gasteiger partial charge in [-0.05, 0) is 66.9 Å². The summed E-state index contributed by atoms with van der Waals surface area (Å²) in [6.07, 6.45) is 0.259. The van der Waals surface area contributed by atoms with Gasteiger partial charge >= 0.3 is 0 Å². The molecule has 0 bridgehead atoms. The second-order valence-corrected chi connectivity index (χ2v) is 10.0. The zero-order valence-corrected chi connectivity index (χ0v) is 21.2. The lowest BCUT2D eigenvalue weighted by Crippen LogP contribution is -2.48. The first-order chi connectivity index (χ1) is 18.5. The van der Waals surface area contributed by atoms with Crippen LogP contribution in [0.25, 0.3) is 11.1 Å². The number of nitrogens with one attached hydrogen (secondary N) is 1. The van der Waals surface area contributed by atoms with E-state index in [1.165, 1.54) is 0 Å². The fourth-order valence-corrected chi connectivity index (χ4v) is 5.51. The summed E-state index contributed by atoms with van der Waals surface area (Å²) in [5.41, 5.74) is 6.60. The highest BCUT2D eigenvalue weighted by molar-refractivity contribution is 6.10. The maximum atomic E-state index is 13.6. The van der Waals surface area contributed by atoms with Crippen LogP contribution in [-0.4, -0.2) is 42.2 Å². The summed E-state index contributed by atoms with van der Waals surface area (Å²) >= 11 is 0. The van der Waals surface area contributed by atoms with Gasteiger partial charge in [-0.1, -0.05) is 60.2 Å². The number of anilines is 3. The van der Waals surface area contributed by atoms with E-state index in [0.717, 1.165) is 28.1 Å². The molecule has 2 amide bonds. The Bertz CT molecular complexity index is 1500. The van der Waals surface area contributed by atoms with Crippen LogP contribution in [0.5, 0.6) is 0 Å². The van der Waals surface area contributed by atoms with Crippen molar-refractivity contribution in [2.24, 2.45) is 0 Å². The molecule has 6 heteroatoms. The van der Waals surface area contributed by atoms with Crippen LogP contribution in [0.1, 0.15) is 32.7 Å². The number of aliphatic hydroxyl groups excluding tert-OH is 1. The predicted molar refractivity (Wildman–Crippen MR) is 151 cm³/mol. The standard InChI is InChI=1S/C32H29N3O3/c1-21-10-12-22(13-11-21)27-6-2-3-7-28(27)31(37)33-24-16-14-23(15-17-24)32(38)35-19-25-18-26(36)20-34(25)29-8-4-5-9-30(29)35/h2-17,25-26,36H,18-20H2,1H3,(H,33,37)/t25-,26?/m1/s1. The highest BCUT2D eigenvalue weighted by atomic mass is 16.3. The van der Waals surface area contributed by atoms with Gasteiger partial charge in [-0.15, -0.1) is 0 Å². The topological polar surface area (TPSA) is 72.9 Å². The van der Waals surface area contributed by atoms with Gasteiger partial charge in [0.1, 0.15) is 0 Å². The largest absolute Gasteiger partial charge is 0.391 e.